The monoisotopic (exact) mass is 283 g/mol. The number of rotatable bonds is 4. The largest absolute Gasteiger partial charge is 0.508 e. The van der Waals surface area contributed by atoms with Gasteiger partial charge in [0.15, 0.2) is 0 Å². The van der Waals surface area contributed by atoms with Gasteiger partial charge in [-0.3, -0.25) is 4.90 Å². The molecule has 0 aromatic heterocycles. The zero-order chi connectivity index (χ0) is 14.7. The number of aromatic hydroxyl groups is 1. The molecule has 1 saturated heterocycles. The van der Waals surface area contributed by atoms with Crippen LogP contribution in [0.25, 0.3) is 11.1 Å². The number of aliphatic hydroxyl groups excluding tert-OH is 1. The second-order valence-corrected chi connectivity index (χ2v) is 5.70. The number of phenolic OH excluding ortho intramolecular Hbond substituents is 1. The van der Waals surface area contributed by atoms with Crippen molar-refractivity contribution in [2.45, 2.75) is 25.4 Å². The van der Waals surface area contributed by atoms with Gasteiger partial charge in [-0.05, 0) is 54.3 Å². The van der Waals surface area contributed by atoms with Crippen LogP contribution in [0.3, 0.4) is 0 Å². The smallest absolute Gasteiger partial charge is 0.115 e. The van der Waals surface area contributed by atoms with E-state index in [4.69, 9.17) is 0 Å². The summed E-state index contributed by atoms with van der Waals surface area (Å²) in [5.74, 6) is 0.290. The summed E-state index contributed by atoms with van der Waals surface area (Å²) in [7, 11) is 0. The molecule has 21 heavy (non-hydrogen) atoms. The second-order valence-electron chi connectivity index (χ2n) is 5.70. The van der Waals surface area contributed by atoms with Gasteiger partial charge in [0.2, 0.25) is 0 Å². The molecule has 1 aliphatic heterocycles. The van der Waals surface area contributed by atoms with Crippen molar-refractivity contribution in [2.75, 3.05) is 13.2 Å². The van der Waals surface area contributed by atoms with Crippen LogP contribution in [0.5, 0.6) is 5.75 Å². The fourth-order valence-corrected chi connectivity index (χ4v) is 3.05. The zero-order valence-electron chi connectivity index (χ0n) is 12.1. The van der Waals surface area contributed by atoms with Gasteiger partial charge in [0.25, 0.3) is 0 Å². The summed E-state index contributed by atoms with van der Waals surface area (Å²) in [4.78, 5) is 2.36. The predicted molar refractivity (Wildman–Crippen MR) is 84.1 cm³/mol. The summed E-state index contributed by atoms with van der Waals surface area (Å²) in [6, 6.07) is 16.1. The number of hydrogen-bond acceptors (Lipinski definition) is 3. The molecular formula is C18H21NO2. The molecule has 3 heteroatoms. The van der Waals surface area contributed by atoms with Gasteiger partial charge in [-0.15, -0.1) is 0 Å². The quantitative estimate of drug-likeness (QED) is 0.906. The van der Waals surface area contributed by atoms with Crippen LogP contribution < -0.4 is 0 Å². The molecule has 1 fully saturated rings. The predicted octanol–water partition coefficient (Wildman–Crippen LogP) is 3.02. The lowest BCUT2D eigenvalue weighted by Gasteiger charge is -2.22. The Balaban J connectivity index is 1.78. The molecule has 2 N–H and O–H groups in total. The van der Waals surface area contributed by atoms with Crippen molar-refractivity contribution in [1.82, 2.24) is 4.90 Å². The molecule has 0 amide bonds. The minimum absolute atomic E-state index is 0.248. The van der Waals surface area contributed by atoms with E-state index in [2.05, 4.69) is 29.2 Å². The lowest BCUT2D eigenvalue weighted by Crippen LogP contribution is -2.31. The molecular weight excluding hydrogens is 262 g/mol. The highest BCUT2D eigenvalue weighted by Gasteiger charge is 2.23. The molecule has 1 aliphatic rings. The van der Waals surface area contributed by atoms with Crippen molar-refractivity contribution >= 4 is 0 Å². The molecule has 3 rings (SSSR count). The van der Waals surface area contributed by atoms with E-state index in [0.717, 1.165) is 30.6 Å². The highest BCUT2D eigenvalue weighted by molar-refractivity contribution is 5.64. The average molecular weight is 283 g/mol. The van der Waals surface area contributed by atoms with Crippen LogP contribution in [0.2, 0.25) is 0 Å². The summed E-state index contributed by atoms with van der Waals surface area (Å²) >= 11 is 0. The van der Waals surface area contributed by atoms with Crippen LogP contribution >= 0.6 is 0 Å². The summed E-state index contributed by atoms with van der Waals surface area (Å²) < 4.78 is 0. The Morgan fingerprint density at radius 2 is 1.86 bits per heavy atom. The van der Waals surface area contributed by atoms with E-state index in [9.17, 15) is 10.2 Å². The number of aliphatic hydroxyl groups is 1. The Kier molecular flexibility index (Phi) is 4.23. The SMILES string of the molecule is OC[C@@H]1CCCN1Cc1cccc(-c2ccc(O)cc2)c1. The molecule has 2 aromatic rings. The fraction of sp³-hybridized carbons (Fsp3) is 0.333. The van der Waals surface area contributed by atoms with Gasteiger partial charge < -0.3 is 10.2 Å². The maximum absolute atomic E-state index is 9.41. The molecule has 1 atom stereocenters. The van der Waals surface area contributed by atoms with Crippen LogP contribution in [0, 0.1) is 0 Å². The minimum atomic E-state index is 0.248. The van der Waals surface area contributed by atoms with Crippen molar-refractivity contribution < 1.29 is 10.2 Å². The second kappa shape index (κ2) is 6.29. The normalized spacial score (nSPS) is 19.0. The molecule has 0 spiro atoms. The van der Waals surface area contributed by atoms with Crippen LogP contribution in [0.1, 0.15) is 18.4 Å². The third-order valence-electron chi connectivity index (χ3n) is 4.22. The minimum Gasteiger partial charge on any atom is -0.508 e. The molecule has 0 radical (unpaired) electrons. The van der Waals surface area contributed by atoms with Crippen molar-refractivity contribution in [2.24, 2.45) is 0 Å². The van der Waals surface area contributed by atoms with Crippen LogP contribution in [0.4, 0.5) is 0 Å². The molecule has 2 aromatic carbocycles. The van der Waals surface area contributed by atoms with Crippen molar-refractivity contribution in [3.63, 3.8) is 0 Å². The Hall–Kier alpha value is -1.84. The van der Waals surface area contributed by atoms with Crippen molar-refractivity contribution in [3.05, 3.63) is 54.1 Å². The van der Waals surface area contributed by atoms with Crippen LogP contribution in [-0.4, -0.2) is 34.3 Å². The number of likely N-dealkylation sites (tertiary alicyclic amines) is 1. The van der Waals surface area contributed by atoms with Gasteiger partial charge in [0.1, 0.15) is 5.75 Å². The fourth-order valence-electron chi connectivity index (χ4n) is 3.05. The van der Waals surface area contributed by atoms with Gasteiger partial charge in [-0.2, -0.15) is 0 Å². The standard InChI is InChI=1S/C18H21NO2/c20-13-17-5-2-10-19(17)12-14-3-1-4-16(11-14)15-6-8-18(21)9-7-15/h1,3-4,6-9,11,17,20-21H,2,5,10,12-13H2/t17-/m0/s1. The maximum atomic E-state index is 9.41. The molecule has 0 aliphatic carbocycles. The molecule has 0 saturated carbocycles. The number of phenols is 1. The van der Waals surface area contributed by atoms with Crippen molar-refractivity contribution in [1.29, 1.82) is 0 Å². The number of nitrogens with zero attached hydrogens (tertiary/aromatic N) is 1. The first-order valence-corrected chi connectivity index (χ1v) is 7.49. The topological polar surface area (TPSA) is 43.7 Å². The van der Waals surface area contributed by atoms with Crippen LogP contribution in [0.15, 0.2) is 48.5 Å². The molecule has 110 valence electrons. The van der Waals surface area contributed by atoms with E-state index in [-0.39, 0.29) is 12.4 Å². The number of benzene rings is 2. The Morgan fingerprint density at radius 1 is 1.05 bits per heavy atom. The summed E-state index contributed by atoms with van der Waals surface area (Å²) in [5.41, 5.74) is 3.53. The highest BCUT2D eigenvalue weighted by atomic mass is 16.3. The summed E-state index contributed by atoms with van der Waals surface area (Å²) in [6.07, 6.45) is 2.26. The third-order valence-corrected chi connectivity index (χ3v) is 4.22. The van der Waals surface area contributed by atoms with E-state index in [1.807, 2.05) is 12.1 Å². The Bertz CT molecular complexity index is 594. The zero-order valence-corrected chi connectivity index (χ0v) is 12.1. The summed E-state index contributed by atoms with van der Waals surface area (Å²) in [6.45, 7) is 2.20. The first-order chi connectivity index (χ1) is 10.3. The summed E-state index contributed by atoms with van der Waals surface area (Å²) in [5, 5.41) is 18.8. The first-order valence-electron chi connectivity index (χ1n) is 7.49. The highest BCUT2D eigenvalue weighted by Crippen LogP contribution is 2.25. The van der Waals surface area contributed by atoms with E-state index in [1.54, 1.807) is 12.1 Å². The first kappa shape index (κ1) is 14.1. The molecule has 1 heterocycles. The van der Waals surface area contributed by atoms with E-state index >= 15 is 0 Å². The van der Waals surface area contributed by atoms with Gasteiger partial charge in [0, 0.05) is 12.6 Å². The molecule has 3 nitrogen and oxygen atoms in total. The van der Waals surface area contributed by atoms with Gasteiger partial charge in [-0.25, -0.2) is 0 Å². The Labute approximate surface area is 125 Å². The van der Waals surface area contributed by atoms with Gasteiger partial charge in [0.05, 0.1) is 6.61 Å². The van der Waals surface area contributed by atoms with Gasteiger partial charge in [-0.1, -0.05) is 30.3 Å². The maximum Gasteiger partial charge on any atom is 0.115 e. The van der Waals surface area contributed by atoms with E-state index in [1.165, 1.54) is 12.0 Å². The lowest BCUT2D eigenvalue weighted by atomic mass is 10.0. The Morgan fingerprint density at radius 3 is 2.62 bits per heavy atom. The van der Waals surface area contributed by atoms with Gasteiger partial charge >= 0.3 is 0 Å². The number of hydrogen-bond donors (Lipinski definition) is 2. The van der Waals surface area contributed by atoms with E-state index in [0.29, 0.717) is 6.04 Å². The third kappa shape index (κ3) is 3.26. The molecule has 0 bridgehead atoms. The van der Waals surface area contributed by atoms with Crippen molar-refractivity contribution in [3.8, 4) is 16.9 Å². The van der Waals surface area contributed by atoms with E-state index < -0.39 is 0 Å². The molecule has 0 unspecified atom stereocenters. The van der Waals surface area contributed by atoms with Crippen LogP contribution in [-0.2, 0) is 6.54 Å². The average Bonchev–Trinajstić information content (AvgIpc) is 2.95. The lowest BCUT2D eigenvalue weighted by molar-refractivity contribution is 0.153.